The van der Waals surface area contributed by atoms with E-state index >= 15 is 0 Å². The number of hydrogen-bond acceptors (Lipinski definition) is 4. The Morgan fingerprint density at radius 3 is 2.50 bits per heavy atom. The van der Waals surface area contributed by atoms with Gasteiger partial charge in [-0.2, -0.15) is 0 Å². The summed E-state index contributed by atoms with van der Waals surface area (Å²) in [6.45, 7) is 3.06. The minimum Gasteiger partial charge on any atom is -0.469 e. The van der Waals surface area contributed by atoms with Gasteiger partial charge in [0.1, 0.15) is 5.54 Å². The first-order valence-corrected chi connectivity index (χ1v) is 11.7. The van der Waals surface area contributed by atoms with Gasteiger partial charge in [-0.25, -0.2) is 4.79 Å². The summed E-state index contributed by atoms with van der Waals surface area (Å²) < 4.78 is 6.33. The van der Waals surface area contributed by atoms with E-state index in [1.54, 1.807) is 32.7 Å². The number of methoxy groups -OCH3 is 1. The topological polar surface area (TPSA) is 71.8 Å². The van der Waals surface area contributed by atoms with Gasteiger partial charge >= 0.3 is 12.0 Å². The zero-order chi connectivity index (χ0) is 24.3. The zero-order valence-electron chi connectivity index (χ0n) is 19.4. The number of likely N-dealkylation sites (tertiary alicyclic amines) is 1. The van der Waals surface area contributed by atoms with E-state index in [4.69, 9.17) is 16.3 Å². The van der Waals surface area contributed by atoms with Crippen LogP contribution in [0.2, 0.25) is 5.02 Å². The van der Waals surface area contributed by atoms with Crippen molar-refractivity contribution < 1.29 is 19.1 Å². The van der Waals surface area contributed by atoms with Gasteiger partial charge in [-0.3, -0.25) is 14.2 Å². The number of rotatable bonds is 7. The van der Waals surface area contributed by atoms with Crippen molar-refractivity contribution >= 4 is 40.4 Å². The molecule has 34 heavy (non-hydrogen) atoms. The van der Waals surface area contributed by atoms with Gasteiger partial charge in [-0.1, -0.05) is 41.9 Å². The first kappa shape index (κ1) is 23.8. The van der Waals surface area contributed by atoms with Gasteiger partial charge in [0, 0.05) is 42.7 Å². The van der Waals surface area contributed by atoms with Crippen molar-refractivity contribution in [3.8, 4) is 0 Å². The quantitative estimate of drug-likeness (QED) is 0.458. The molecule has 0 saturated carbocycles. The van der Waals surface area contributed by atoms with Gasteiger partial charge in [0.2, 0.25) is 5.91 Å². The number of fused-ring (bicyclic) bond motifs is 1. The molecule has 0 aliphatic carbocycles. The molecule has 2 heterocycles. The molecule has 1 unspecified atom stereocenters. The Balaban J connectivity index is 1.55. The van der Waals surface area contributed by atoms with Crippen LogP contribution in [-0.2, 0) is 20.9 Å². The van der Waals surface area contributed by atoms with Crippen LogP contribution in [0.3, 0.4) is 0 Å². The molecule has 0 N–H and O–H groups in total. The lowest BCUT2D eigenvalue weighted by atomic mass is 9.85. The van der Waals surface area contributed by atoms with Crippen LogP contribution < -0.4 is 0 Å². The van der Waals surface area contributed by atoms with Crippen LogP contribution in [0.4, 0.5) is 4.79 Å². The molecule has 2 amide bonds. The summed E-state index contributed by atoms with van der Waals surface area (Å²) in [5, 5.41) is 1.59. The van der Waals surface area contributed by atoms with Crippen LogP contribution in [0.1, 0.15) is 31.7 Å². The lowest BCUT2D eigenvalue weighted by Crippen LogP contribution is -2.68. The molecule has 2 aromatic carbocycles. The van der Waals surface area contributed by atoms with Crippen LogP contribution in [0, 0.1) is 0 Å². The molecule has 0 spiro atoms. The highest BCUT2D eigenvalue weighted by Gasteiger charge is 2.51. The third-order valence-corrected chi connectivity index (χ3v) is 6.78. The van der Waals surface area contributed by atoms with E-state index in [1.165, 1.54) is 7.11 Å². The molecule has 0 radical (unpaired) electrons. The van der Waals surface area contributed by atoms with E-state index in [9.17, 15) is 14.4 Å². The van der Waals surface area contributed by atoms with E-state index in [0.29, 0.717) is 37.5 Å². The molecule has 7 nitrogen and oxygen atoms in total. The highest BCUT2D eigenvalue weighted by molar-refractivity contribution is 6.30. The molecule has 1 aliphatic rings. The Hall–Kier alpha value is -3.32. The summed E-state index contributed by atoms with van der Waals surface area (Å²) >= 11 is 6.02. The molecule has 1 atom stereocenters. The van der Waals surface area contributed by atoms with Crippen molar-refractivity contribution in [1.82, 2.24) is 14.4 Å². The predicted molar refractivity (Wildman–Crippen MR) is 131 cm³/mol. The molecule has 1 aliphatic heterocycles. The van der Waals surface area contributed by atoms with Gasteiger partial charge in [-0.05, 0) is 49.6 Å². The summed E-state index contributed by atoms with van der Waals surface area (Å²) in [5.74, 6) is -0.451. The maximum Gasteiger partial charge on any atom is 0.329 e. The van der Waals surface area contributed by atoms with Crippen LogP contribution >= 0.6 is 11.6 Å². The summed E-state index contributed by atoms with van der Waals surface area (Å²) in [6.07, 6.45) is 3.01. The maximum atomic E-state index is 13.8. The second-order valence-electron chi connectivity index (χ2n) is 8.74. The molecule has 0 bridgehead atoms. The lowest BCUT2D eigenvalue weighted by Gasteiger charge is -2.50. The summed E-state index contributed by atoms with van der Waals surface area (Å²) in [5.41, 5.74) is 0.776. The van der Waals surface area contributed by atoms with Crippen LogP contribution in [-0.4, -0.2) is 58.0 Å². The van der Waals surface area contributed by atoms with Crippen LogP contribution in [0.15, 0.2) is 60.8 Å². The van der Waals surface area contributed by atoms with Gasteiger partial charge in [0.05, 0.1) is 12.6 Å². The minimum absolute atomic E-state index is 0.136. The monoisotopic (exact) mass is 481 g/mol. The van der Waals surface area contributed by atoms with Crippen LogP contribution in [0.5, 0.6) is 0 Å². The summed E-state index contributed by atoms with van der Waals surface area (Å²) in [4.78, 5) is 42.2. The second kappa shape index (κ2) is 9.89. The standard InChI is InChI=1S/C26H28ClN3O4/c1-26(14-17-30(26)25(33)29-16-13-20-6-3-4-7-22(20)29)24(32)28(15-5-8-23(31)34-2)18-19-9-11-21(27)12-10-19/h3-4,6-7,9-13,16H,5,8,14-15,17-18H2,1-2H3. The highest BCUT2D eigenvalue weighted by atomic mass is 35.5. The Bertz CT molecular complexity index is 1210. The SMILES string of the molecule is COC(=O)CCCN(Cc1ccc(Cl)cc1)C(=O)C1(C)CCN1C(=O)n1ccc2ccccc21. The number of ether oxygens (including phenoxy) is 1. The highest BCUT2D eigenvalue weighted by Crippen LogP contribution is 2.34. The Kier molecular flexibility index (Phi) is 6.93. The van der Waals surface area contributed by atoms with Crippen LogP contribution in [0.25, 0.3) is 10.9 Å². The Morgan fingerprint density at radius 1 is 1.09 bits per heavy atom. The van der Waals surface area contributed by atoms with E-state index in [1.807, 2.05) is 49.4 Å². The predicted octanol–water partition coefficient (Wildman–Crippen LogP) is 4.71. The van der Waals surface area contributed by atoms with E-state index < -0.39 is 5.54 Å². The second-order valence-corrected chi connectivity index (χ2v) is 9.17. The van der Waals surface area contributed by atoms with Crippen molar-refractivity contribution in [3.63, 3.8) is 0 Å². The fourth-order valence-electron chi connectivity index (χ4n) is 4.39. The number of benzene rings is 2. The number of nitrogens with zero attached hydrogens (tertiary/aromatic N) is 3. The number of halogens is 1. The average molecular weight is 482 g/mol. The normalized spacial score (nSPS) is 17.3. The average Bonchev–Trinajstić information content (AvgIpc) is 3.27. The van der Waals surface area contributed by atoms with E-state index in [0.717, 1.165) is 16.5 Å². The van der Waals surface area contributed by atoms with Crippen molar-refractivity contribution in [1.29, 1.82) is 0 Å². The number of amides is 2. The Labute approximate surface area is 203 Å². The van der Waals surface area contributed by atoms with Crippen molar-refractivity contribution in [2.45, 2.75) is 38.3 Å². The zero-order valence-corrected chi connectivity index (χ0v) is 20.1. The molecule has 3 aromatic rings. The van der Waals surface area contributed by atoms with Gasteiger partial charge in [-0.15, -0.1) is 0 Å². The number of para-hydroxylation sites is 1. The van der Waals surface area contributed by atoms with E-state index in [2.05, 4.69) is 0 Å². The fourth-order valence-corrected chi connectivity index (χ4v) is 4.51. The van der Waals surface area contributed by atoms with Crippen molar-refractivity contribution in [2.24, 2.45) is 0 Å². The van der Waals surface area contributed by atoms with Gasteiger partial charge in [0.25, 0.3) is 0 Å². The lowest BCUT2D eigenvalue weighted by molar-refractivity contribution is -0.150. The molecule has 1 aromatic heterocycles. The number of carbonyl (C=O) groups is 3. The molecule has 178 valence electrons. The first-order valence-electron chi connectivity index (χ1n) is 11.3. The molecule has 1 saturated heterocycles. The molecular formula is C26H28ClN3O4. The minimum atomic E-state index is -0.958. The third kappa shape index (κ3) is 4.66. The number of carbonyl (C=O) groups excluding carboxylic acids is 3. The first-order chi connectivity index (χ1) is 16.3. The van der Waals surface area contributed by atoms with Gasteiger partial charge in [0.15, 0.2) is 0 Å². The molecule has 4 rings (SSSR count). The van der Waals surface area contributed by atoms with Crippen molar-refractivity contribution in [2.75, 3.05) is 20.2 Å². The van der Waals surface area contributed by atoms with Crippen molar-refractivity contribution in [3.05, 3.63) is 71.4 Å². The Morgan fingerprint density at radius 2 is 1.82 bits per heavy atom. The largest absolute Gasteiger partial charge is 0.469 e. The summed E-state index contributed by atoms with van der Waals surface area (Å²) in [6, 6.07) is 16.7. The molecule has 1 fully saturated rings. The third-order valence-electron chi connectivity index (χ3n) is 6.53. The molecular weight excluding hydrogens is 454 g/mol. The van der Waals surface area contributed by atoms with Gasteiger partial charge < -0.3 is 14.5 Å². The van der Waals surface area contributed by atoms with E-state index in [-0.39, 0.29) is 24.3 Å². The number of hydrogen-bond donors (Lipinski definition) is 0. The maximum absolute atomic E-state index is 13.8. The molecule has 8 heteroatoms. The number of aromatic nitrogens is 1. The fraction of sp³-hybridized carbons (Fsp3) is 0.346. The smallest absolute Gasteiger partial charge is 0.329 e. The summed E-state index contributed by atoms with van der Waals surface area (Å²) in [7, 11) is 1.35. The number of esters is 1.